The van der Waals surface area contributed by atoms with Gasteiger partial charge in [-0.1, -0.05) is 13.8 Å². The van der Waals surface area contributed by atoms with E-state index in [1.165, 1.54) is 4.68 Å². The van der Waals surface area contributed by atoms with Gasteiger partial charge in [0, 0.05) is 0 Å². The first-order chi connectivity index (χ1) is 9.49. The number of rotatable bonds is 4. The number of carbonyl (C=O) groups is 1. The van der Waals surface area contributed by atoms with Crippen LogP contribution in [0.15, 0.2) is 0 Å². The van der Waals surface area contributed by atoms with E-state index in [-0.39, 0.29) is 11.4 Å². The average molecular weight is 275 g/mol. The molecule has 7 nitrogen and oxygen atoms in total. The van der Waals surface area contributed by atoms with Crippen LogP contribution in [0.5, 0.6) is 0 Å². The van der Waals surface area contributed by atoms with Gasteiger partial charge in [0.1, 0.15) is 17.2 Å². The summed E-state index contributed by atoms with van der Waals surface area (Å²) < 4.78 is 1.43. The Morgan fingerprint density at radius 3 is 2.35 bits per heavy atom. The molecule has 0 aliphatic rings. The smallest absolute Gasteiger partial charge is 0.339 e. The summed E-state index contributed by atoms with van der Waals surface area (Å²) in [5, 5.41) is 21.9. The van der Waals surface area contributed by atoms with Crippen molar-refractivity contribution in [3.05, 3.63) is 28.5 Å². The topological polar surface area (TPSA) is 93.8 Å². The van der Waals surface area contributed by atoms with Crippen molar-refractivity contribution in [3.8, 4) is 5.82 Å². The van der Waals surface area contributed by atoms with Crippen LogP contribution in [0.3, 0.4) is 0 Å². The molecule has 1 N–H and O–H groups in total. The van der Waals surface area contributed by atoms with E-state index in [2.05, 4.69) is 20.3 Å². The van der Waals surface area contributed by atoms with Gasteiger partial charge < -0.3 is 5.11 Å². The van der Waals surface area contributed by atoms with Gasteiger partial charge in [-0.25, -0.2) is 9.78 Å². The molecule has 7 heteroatoms. The quantitative estimate of drug-likeness (QED) is 0.908. The fourth-order valence-electron chi connectivity index (χ4n) is 2.26. The lowest BCUT2D eigenvalue weighted by Gasteiger charge is -2.12. The van der Waals surface area contributed by atoms with E-state index in [1.54, 1.807) is 13.8 Å². The molecule has 2 heterocycles. The monoisotopic (exact) mass is 275 g/mol. The van der Waals surface area contributed by atoms with E-state index in [9.17, 15) is 9.90 Å². The molecule has 0 unspecified atom stereocenters. The van der Waals surface area contributed by atoms with E-state index in [0.29, 0.717) is 35.7 Å². The minimum absolute atomic E-state index is 0.160. The predicted octanol–water partition coefficient (Wildman–Crippen LogP) is 1.50. The molecule has 0 bridgehead atoms. The van der Waals surface area contributed by atoms with Crippen molar-refractivity contribution in [1.29, 1.82) is 0 Å². The molecule has 0 aliphatic heterocycles. The number of hydrogen-bond acceptors (Lipinski definition) is 5. The Hall–Kier alpha value is -2.31. The number of aromatic carboxylic acids is 1. The molecule has 2 rings (SSSR count). The maximum absolute atomic E-state index is 11.6. The molecule has 0 atom stereocenters. The van der Waals surface area contributed by atoms with Crippen LogP contribution in [0.2, 0.25) is 0 Å². The molecule has 0 fully saturated rings. The molecule has 0 saturated carbocycles. The number of aromatic nitrogens is 5. The van der Waals surface area contributed by atoms with E-state index < -0.39 is 5.97 Å². The third-order valence-corrected chi connectivity index (χ3v) is 3.12. The fraction of sp³-hybridized carbons (Fsp3) is 0.462. The van der Waals surface area contributed by atoms with Crippen LogP contribution in [0.25, 0.3) is 5.82 Å². The standard InChI is InChI=1S/C13H17N5O2/c1-5-9-10(6-2)15-16-12(11(9)13(19)20)18-8(4)14-7(3)17-18/h5-6H2,1-4H3,(H,19,20). The van der Waals surface area contributed by atoms with Gasteiger partial charge in [-0.05, 0) is 32.3 Å². The highest BCUT2D eigenvalue weighted by Crippen LogP contribution is 2.20. The lowest BCUT2D eigenvalue weighted by molar-refractivity contribution is 0.0694. The minimum Gasteiger partial charge on any atom is -0.478 e. The summed E-state index contributed by atoms with van der Waals surface area (Å²) in [5.74, 6) is 0.363. The second-order valence-electron chi connectivity index (χ2n) is 4.45. The predicted molar refractivity (Wildman–Crippen MR) is 72.1 cm³/mol. The highest BCUT2D eigenvalue weighted by molar-refractivity contribution is 5.93. The number of carboxylic acid groups (broad SMARTS) is 1. The van der Waals surface area contributed by atoms with Crippen LogP contribution in [-0.2, 0) is 12.8 Å². The van der Waals surface area contributed by atoms with Crippen molar-refractivity contribution in [2.45, 2.75) is 40.5 Å². The summed E-state index contributed by atoms with van der Waals surface area (Å²) in [5.41, 5.74) is 1.58. The first-order valence-corrected chi connectivity index (χ1v) is 6.51. The molecular formula is C13H17N5O2. The number of aryl methyl sites for hydroxylation is 3. The van der Waals surface area contributed by atoms with Gasteiger partial charge in [-0.2, -0.15) is 9.78 Å². The van der Waals surface area contributed by atoms with Gasteiger partial charge in [0.25, 0.3) is 0 Å². The second kappa shape index (κ2) is 5.36. The maximum atomic E-state index is 11.6. The van der Waals surface area contributed by atoms with E-state index in [1.807, 2.05) is 13.8 Å². The molecule has 0 saturated heterocycles. The van der Waals surface area contributed by atoms with Crippen LogP contribution in [0.1, 0.15) is 47.1 Å². The van der Waals surface area contributed by atoms with Crippen LogP contribution >= 0.6 is 0 Å². The van der Waals surface area contributed by atoms with Crippen LogP contribution in [0, 0.1) is 13.8 Å². The SMILES string of the molecule is CCc1nnc(-n2nc(C)nc2C)c(C(=O)O)c1CC. The molecule has 2 aromatic rings. The Morgan fingerprint density at radius 1 is 1.20 bits per heavy atom. The van der Waals surface area contributed by atoms with Crippen LogP contribution in [-0.4, -0.2) is 36.0 Å². The molecule has 20 heavy (non-hydrogen) atoms. The molecule has 0 aliphatic carbocycles. The van der Waals surface area contributed by atoms with Crippen molar-refractivity contribution >= 4 is 5.97 Å². The number of nitrogens with zero attached hydrogens (tertiary/aromatic N) is 5. The maximum Gasteiger partial charge on any atom is 0.339 e. The summed E-state index contributed by atoms with van der Waals surface area (Å²) in [6, 6.07) is 0. The van der Waals surface area contributed by atoms with Crippen molar-refractivity contribution in [1.82, 2.24) is 25.0 Å². The Bertz CT molecular complexity index is 663. The Morgan fingerprint density at radius 2 is 1.90 bits per heavy atom. The Balaban J connectivity index is 2.77. The first kappa shape index (κ1) is 14.1. The van der Waals surface area contributed by atoms with Crippen LogP contribution in [0.4, 0.5) is 0 Å². The summed E-state index contributed by atoms with van der Waals surface area (Å²) in [4.78, 5) is 15.8. The summed E-state index contributed by atoms with van der Waals surface area (Å²) >= 11 is 0. The highest BCUT2D eigenvalue weighted by Gasteiger charge is 2.23. The van der Waals surface area contributed by atoms with Gasteiger partial charge in [0.15, 0.2) is 5.82 Å². The summed E-state index contributed by atoms with van der Waals surface area (Å²) in [6.07, 6.45) is 1.23. The highest BCUT2D eigenvalue weighted by atomic mass is 16.4. The molecule has 0 aromatic carbocycles. The van der Waals surface area contributed by atoms with Crippen molar-refractivity contribution in [2.24, 2.45) is 0 Å². The van der Waals surface area contributed by atoms with E-state index in [4.69, 9.17) is 0 Å². The molecule has 106 valence electrons. The fourth-order valence-corrected chi connectivity index (χ4v) is 2.26. The normalized spacial score (nSPS) is 10.8. The third-order valence-electron chi connectivity index (χ3n) is 3.12. The summed E-state index contributed by atoms with van der Waals surface area (Å²) in [6.45, 7) is 7.34. The van der Waals surface area contributed by atoms with E-state index in [0.717, 1.165) is 0 Å². The largest absolute Gasteiger partial charge is 0.478 e. The zero-order chi connectivity index (χ0) is 14.9. The third kappa shape index (κ3) is 2.26. The zero-order valence-corrected chi connectivity index (χ0v) is 12.0. The Labute approximate surface area is 116 Å². The molecule has 0 radical (unpaired) electrons. The zero-order valence-electron chi connectivity index (χ0n) is 12.0. The van der Waals surface area contributed by atoms with Gasteiger partial charge in [0.2, 0.25) is 0 Å². The molecule has 0 spiro atoms. The van der Waals surface area contributed by atoms with Crippen molar-refractivity contribution in [2.75, 3.05) is 0 Å². The average Bonchev–Trinajstić information content (AvgIpc) is 2.75. The van der Waals surface area contributed by atoms with Gasteiger partial charge in [0.05, 0.1) is 5.69 Å². The molecular weight excluding hydrogens is 258 g/mol. The number of hydrogen-bond donors (Lipinski definition) is 1. The minimum atomic E-state index is -1.02. The molecule has 0 amide bonds. The number of carboxylic acids is 1. The van der Waals surface area contributed by atoms with Gasteiger partial charge in [-0.15, -0.1) is 10.2 Å². The summed E-state index contributed by atoms with van der Waals surface area (Å²) in [7, 11) is 0. The van der Waals surface area contributed by atoms with Gasteiger partial charge in [-0.3, -0.25) is 0 Å². The first-order valence-electron chi connectivity index (χ1n) is 6.51. The molecule has 2 aromatic heterocycles. The second-order valence-corrected chi connectivity index (χ2v) is 4.45. The van der Waals surface area contributed by atoms with Gasteiger partial charge >= 0.3 is 5.97 Å². The van der Waals surface area contributed by atoms with E-state index >= 15 is 0 Å². The Kier molecular flexibility index (Phi) is 3.78. The lowest BCUT2D eigenvalue weighted by Crippen LogP contribution is -2.17. The van der Waals surface area contributed by atoms with Crippen molar-refractivity contribution in [3.63, 3.8) is 0 Å². The van der Waals surface area contributed by atoms with Crippen molar-refractivity contribution < 1.29 is 9.90 Å². The lowest BCUT2D eigenvalue weighted by atomic mass is 10.0. The van der Waals surface area contributed by atoms with Crippen LogP contribution < -0.4 is 0 Å².